The first kappa shape index (κ1) is 7.41. The summed E-state index contributed by atoms with van der Waals surface area (Å²) in [5, 5.41) is 0. The van der Waals surface area contributed by atoms with E-state index in [0.29, 0.717) is 0 Å². The third-order valence-electron chi connectivity index (χ3n) is 0.744. The van der Waals surface area contributed by atoms with Crippen molar-refractivity contribution in [2.24, 2.45) is 0 Å². The number of rotatable bonds is 0. The third kappa shape index (κ3) is 3.04. The van der Waals surface area contributed by atoms with E-state index in [4.69, 9.17) is 9.47 Å². The second kappa shape index (κ2) is 4.57. The van der Waals surface area contributed by atoms with E-state index in [1.54, 1.807) is 0 Å². The van der Waals surface area contributed by atoms with E-state index in [2.05, 4.69) is 0 Å². The maximum atomic E-state index is 4.94. The molecule has 0 aromatic carbocycles. The molecule has 0 N–H and O–H groups in total. The van der Waals surface area contributed by atoms with E-state index in [1.165, 1.54) is 0 Å². The fraction of sp³-hybridized carbons (Fsp3) is 1.00. The van der Waals surface area contributed by atoms with Gasteiger partial charge in [-0.15, -0.1) is 0 Å². The first-order chi connectivity index (χ1) is 3.00. The van der Waals surface area contributed by atoms with Crippen LogP contribution in [0, 0.1) is 0 Å². The van der Waals surface area contributed by atoms with Gasteiger partial charge in [0, 0.05) is 16.5 Å². The first-order valence-electron chi connectivity index (χ1n) is 2.15. The van der Waals surface area contributed by atoms with Gasteiger partial charge >= 0.3 is 0 Å². The first-order valence-corrected chi connectivity index (χ1v) is 2.15. The molecule has 2 nitrogen and oxygen atoms in total. The number of ether oxygens (including phenoxy) is 2. The zero-order chi connectivity index (χ0) is 4.24. The van der Waals surface area contributed by atoms with E-state index < -0.39 is 0 Å². The Balaban J connectivity index is 0.000000360. The van der Waals surface area contributed by atoms with Gasteiger partial charge in [-0.3, -0.25) is 0 Å². The molecule has 0 saturated carbocycles. The van der Waals surface area contributed by atoms with Gasteiger partial charge in [0.05, 0.1) is 26.4 Å². The predicted octanol–water partition coefficient (Wildman–Crippen LogP) is 0.0307. The molecular weight excluding hydrogens is 139 g/mol. The van der Waals surface area contributed by atoms with Gasteiger partial charge in [0.2, 0.25) is 0 Å². The van der Waals surface area contributed by atoms with Crippen molar-refractivity contribution in [1.29, 1.82) is 0 Å². The van der Waals surface area contributed by atoms with Crippen LogP contribution < -0.4 is 0 Å². The average Bonchev–Trinajstić information content (AvgIpc) is 1.72. The Morgan fingerprint density at radius 2 is 1.00 bits per heavy atom. The van der Waals surface area contributed by atoms with Crippen LogP contribution in [0.1, 0.15) is 0 Å². The Hall–Kier alpha value is 0.414. The normalized spacial score (nSPS) is 20.6. The zero-order valence-corrected chi connectivity index (χ0v) is 4.95. The Kier molecular flexibility index (Phi) is 4.84. The van der Waals surface area contributed by atoms with Crippen LogP contribution in [0.15, 0.2) is 0 Å². The van der Waals surface area contributed by atoms with E-state index in [9.17, 15) is 0 Å². The summed E-state index contributed by atoms with van der Waals surface area (Å²) >= 11 is 0. The van der Waals surface area contributed by atoms with Crippen LogP contribution in [-0.2, 0) is 26.0 Å². The zero-order valence-electron chi connectivity index (χ0n) is 3.96. The molecule has 0 spiro atoms. The minimum atomic E-state index is 0. The van der Waals surface area contributed by atoms with E-state index in [-0.39, 0.29) is 16.5 Å². The molecule has 1 saturated heterocycles. The minimum absolute atomic E-state index is 0. The second-order valence-electron chi connectivity index (χ2n) is 1.22. The maximum absolute atomic E-state index is 4.94. The molecule has 0 aromatic heterocycles. The van der Waals surface area contributed by atoms with Gasteiger partial charge in [-0.05, 0) is 0 Å². The molecule has 3 heteroatoms. The largest absolute Gasteiger partial charge is 0.377 e. The summed E-state index contributed by atoms with van der Waals surface area (Å²) in [5.41, 5.74) is 0. The third-order valence-corrected chi connectivity index (χ3v) is 0.744. The molecule has 46 valence electrons. The molecule has 1 fully saturated rings. The van der Waals surface area contributed by atoms with Crippen LogP contribution >= 0.6 is 0 Å². The van der Waals surface area contributed by atoms with Crippen molar-refractivity contribution in [2.45, 2.75) is 0 Å². The summed E-state index contributed by atoms with van der Waals surface area (Å²) in [6.45, 7) is 3.11. The number of hydrogen-bond acceptors (Lipinski definition) is 2. The Bertz CT molecular complexity index is 25.2. The van der Waals surface area contributed by atoms with Crippen molar-refractivity contribution in [3.8, 4) is 0 Å². The van der Waals surface area contributed by atoms with Gasteiger partial charge in [0.1, 0.15) is 0 Å². The summed E-state index contributed by atoms with van der Waals surface area (Å²) in [5.74, 6) is 0. The van der Waals surface area contributed by atoms with Crippen LogP contribution in [0.2, 0.25) is 0 Å². The van der Waals surface area contributed by atoms with Crippen molar-refractivity contribution >= 4 is 0 Å². The summed E-state index contributed by atoms with van der Waals surface area (Å²) in [7, 11) is 0. The van der Waals surface area contributed by atoms with Crippen molar-refractivity contribution < 1.29 is 26.0 Å². The monoisotopic (exact) mass is 146 g/mol. The molecule has 0 aliphatic carbocycles. The summed E-state index contributed by atoms with van der Waals surface area (Å²) in [4.78, 5) is 0. The van der Waals surface area contributed by atoms with E-state index >= 15 is 0 Å². The maximum Gasteiger partial charge on any atom is 0.0701 e. The van der Waals surface area contributed by atoms with Crippen LogP contribution in [0.4, 0.5) is 0 Å². The van der Waals surface area contributed by atoms with Crippen molar-refractivity contribution in [2.75, 3.05) is 26.4 Å². The molecule has 0 unspecified atom stereocenters. The van der Waals surface area contributed by atoms with Gasteiger partial charge < -0.3 is 9.47 Å². The summed E-state index contributed by atoms with van der Waals surface area (Å²) in [6, 6.07) is 0. The molecule has 0 aromatic rings. The van der Waals surface area contributed by atoms with Crippen molar-refractivity contribution in [3.63, 3.8) is 0 Å². The molecule has 0 bridgehead atoms. The van der Waals surface area contributed by atoms with Gasteiger partial charge in [-0.1, -0.05) is 0 Å². The molecule has 0 atom stereocenters. The molecule has 1 aliphatic rings. The molecule has 7 heavy (non-hydrogen) atoms. The van der Waals surface area contributed by atoms with Crippen molar-refractivity contribution in [1.82, 2.24) is 0 Å². The molecule has 1 heterocycles. The van der Waals surface area contributed by atoms with Crippen LogP contribution in [-0.4, -0.2) is 26.4 Å². The van der Waals surface area contributed by atoms with Crippen LogP contribution in [0.5, 0.6) is 0 Å². The van der Waals surface area contributed by atoms with E-state index in [0.717, 1.165) is 26.4 Å². The topological polar surface area (TPSA) is 18.5 Å². The van der Waals surface area contributed by atoms with E-state index in [1.807, 2.05) is 0 Å². The Morgan fingerprint density at radius 3 is 1.14 bits per heavy atom. The molecular formula is C4H8NiO2. The molecule has 1 rings (SSSR count). The summed E-state index contributed by atoms with van der Waals surface area (Å²) in [6.07, 6.45) is 0. The second-order valence-corrected chi connectivity index (χ2v) is 1.22. The fourth-order valence-electron chi connectivity index (χ4n) is 0.440. The van der Waals surface area contributed by atoms with Gasteiger partial charge in [0.25, 0.3) is 0 Å². The fourth-order valence-corrected chi connectivity index (χ4v) is 0.440. The van der Waals surface area contributed by atoms with Crippen molar-refractivity contribution in [3.05, 3.63) is 0 Å². The summed E-state index contributed by atoms with van der Waals surface area (Å²) < 4.78 is 9.89. The molecule has 1 aliphatic heterocycles. The van der Waals surface area contributed by atoms with Gasteiger partial charge in [0.15, 0.2) is 0 Å². The molecule has 0 radical (unpaired) electrons. The average molecular weight is 147 g/mol. The van der Waals surface area contributed by atoms with Gasteiger partial charge in [-0.25, -0.2) is 0 Å². The standard InChI is InChI=1S/C4H8O2.Ni/c1-2-6-4-3-5-1;/h1-4H2;. The molecule has 0 amide bonds. The minimum Gasteiger partial charge on any atom is -0.377 e. The van der Waals surface area contributed by atoms with Gasteiger partial charge in [-0.2, -0.15) is 0 Å². The quantitative estimate of drug-likeness (QED) is 0.450. The number of hydrogen-bond donors (Lipinski definition) is 0. The Morgan fingerprint density at radius 1 is 0.714 bits per heavy atom. The Labute approximate surface area is 53.1 Å². The predicted molar refractivity (Wildman–Crippen MR) is 21.6 cm³/mol. The smallest absolute Gasteiger partial charge is 0.0701 e. The van der Waals surface area contributed by atoms with Crippen LogP contribution in [0.25, 0.3) is 0 Å². The van der Waals surface area contributed by atoms with Crippen LogP contribution in [0.3, 0.4) is 0 Å². The SMILES string of the molecule is C1COCCO1.[Ni].